The first-order chi connectivity index (χ1) is 8.21. The zero-order valence-electron chi connectivity index (χ0n) is 12.0. The molecule has 1 amide bonds. The van der Waals surface area contributed by atoms with Crippen LogP contribution in [-0.4, -0.2) is 16.9 Å². The van der Waals surface area contributed by atoms with E-state index in [2.05, 4.69) is 19.2 Å². The van der Waals surface area contributed by atoms with Crippen LogP contribution in [0.3, 0.4) is 0 Å². The fourth-order valence-corrected chi connectivity index (χ4v) is 2.85. The van der Waals surface area contributed by atoms with Gasteiger partial charge in [-0.25, -0.2) is 0 Å². The van der Waals surface area contributed by atoms with Crippen LogP contribution in [0, 0.1) is 10.8 Å². The lowest BCUT2D eigenvalue weighted by molar-refractivity contribution is -0.128. The summed E-state index contributed by atoms with van der Waals surface area (Å²) < 4.78 is 0. The topological polar surface area (TPSA) is 55.1 Å². The quantitative estimate of drug-likeness (QED) is 0.772. The average molecular weight is 270 g/mol. The number of thiocarbonyl (C=S) groups is 1. The molecule has 0 aromatic heterocycles. The molecule has 1 saturated carbocycles. The molecule has 4 heteroatoms. The Morgan fingerprint density at radius 1 is 1.56 bits per heavy atom. The van der Waals surface area contributed by atoms with Gasteiger partial charge in [-0.2, -0.15) is 0 Å². The van der Waals surface area contributed by atoms with E-state index in [1.165, 1.54) is 12.8 Å². The summed E-state index contributed by atoms with van der Waals surface area (Å²) in [6.45, 7) is 8.30. The van der Waals surface area contributed by atoms with Crippen LogP contribution in [0.5, 0.6) is 0 Å². The summed E-state index contributed by atoms with van der Waals surface area (Å²) >= 11 is 5.04. The van der Waals surface area contributed by atoms with E-state index in [0.717, 1.165) is 12.8 Å². The van der Waals surface area contributed by atoms with Gasteiger partial charge in [0, 0.05) is 6.04 Å². The van der Waals surface area contributed by atoms with E-state index in [0.29, 0.717) is 11.8 Å². The average Bonchev–Trinajstić information content (AvgIpc) is 2.26. The van der Waals surface area contributed by atoms with Gasteiger partial charge in [-0.3, -0.25) is 4.79 Å². The number of amides is 1. The highest BCUT2D eigenvalue weighted by molar-refractivity contribution is 7.80. The highest BCUT2D eigenvalue weighted by Crippen LogP contribution is 2.35. The van der Waals surface area contributed by atoms with Crippen molar-refractivity contribution in [2.75, 3.05) is 0 Å². The predicted octanol–water partition coefficient (Wildman–Crippen LogP) is 2.77. The predicted molar refractivity (Wildman–Crippen MR) is 79.4 cm³/mol. The standard InChI is InChI=1S/C14H26N2OS/c1-5-14(4,11(15)18)12(17)16-10-7-6-8-13(2,3)9-10/h10H,5-9H2,1-4H3,(H2,15,18)(H,16,17). The molecule has 1 aliphatic rings. The molecule has 2 unspecified atom stereocenters. The Morgan fingerprint density at radius 2 is 2.17 bits per heavy atom. The molecular weight excluding hydrogens is 244 g/mol. The third-order valence-electron chi connectivity index (χ3n) is 4.29. The second-order valence-electron chi connectivity index (χ2n) is 6.48. The fourth-order valence-electron chi connectivity index (χ4n) is 2.61. The largest absolute Gasteiger partial charge is 0.392 e. The van der Waals surface area contributed by atoms with E-state index in [1.54, 1.807) is 0 Å². The first kappa shape index (κ1) is 15.4. The van der Waals surface area contributed by atoms with E-state index < -0.39 is 5.41 Å². The molecule has 1 rings (SSSR count). The number of carbonyl (C=O) groups excluding carboxylic acids is 1. The van der Waals surface area contributed by atoms with Gasteiger partial charge in [0.25, 0.3) is 0 Å². The van der Waals surface area contributed by atoms with Crippen LogP contribution in [0.25, 0.3) is 0 Å². The van der Waals surface area contributed by atoms with Gasteiger partial charge in [0.15, 0.2) is 0 Å². The van der Waals surface area contributed by atoms with Crippen molar-refractivity contribution in [2.45, 2.75) is 65.8 Å². The number of rotatable bonds is 4. The van der Waals surface area contributed by atoms with Gasteiger partial charge >= 0.3 is 0 Å². The van der Waals surface area contributed by atoms with Crippen molar-refractivity contribution in [1.29, 1.82) is 0 Å². The number of hydrogen-bond donors (Lipinski definition) is 2. The van der Waals surface area contributed by atoms with Crippen molar-refractivity contribution < 1.29 is 4.79 Å². The van der Waals surface area contributed by atoms with Crippen molar-refractivity contribution in [1.82, 2.24) is 5.32 Å². The van der Waals surface area contributed by atoms with E-state index in [9.17, 15) is 4.79 Å². The molecule has 3 nitrogen and oxygen atoms in total. The van der Waals surface area contributed by atoms with Crippen molar-refractivity contribution in [3.8, 4) is 0 Å². The molecule has 2 atom stereocenters. The van der Waals surface area contributed by atoms with Gasteiger partial charge in [-0.1, -0.05) is 39.4 Å². The van der Waals surface area contributed by atoms with Gasteiger partial charge in [0.2, 0.25) is 5.91 Å². The molecule has 0 radical (unpaired) electrons. The summed E-state index contributed by atoms with van der Waals surface area (Å²) in [6, 6.07) is 0.265. The minimum atomic E-state index is -0.711. The maximum absolute atomic E-state index is 12.3. The molecule has 18 heavy (non-hydrogen) atoms. The summed E-state index contributed by atoms with van der Waals surface area (Å²) in [5.41, 5.74) is 5.32. The summed E-state index contributed by atoms with van der Waals surface area (Å²) in [6.07, 6.45) is 5.15. The Bertz CT molecular complexity index is 341. The second-order valence-corrected chi connectivity index (χ2v) is 6.92. The van der Waals surface area contributed by atoms with Crippen molar-refractivity contribution in [3.63, 3.8) is 0 Å². The number of nitrogens with one attached hydrogen (secondary N) is 1. The van der Waals surface area contributed by atoms with Crippen LogP contribution in [0.1, 0.15) is 59.8 Å². The molecule has 0 saturated heterocycles. The Kier molecular flexibility index (Phi) is 4.76. The normalized spacial score (nSPS) is 26.1. The number of nitrogens with two attached hydrogens (primary N) is 1. The van der Waals surface area contributed by atoms with Crippen LogP contribution < -0.4 is 11.1 Å². The summed E-state index contributed by atoms with van der Waals surface area (Å²) in [5.74, 6) is -0.0137. The van der Waals surface area contributed by atoms with Crippen LogP contribution in [0.2, 0.25) is 0 Å². The smallest absolute Gasteiger partial charge is 0.232 e. The van der Waals surface area contributed by atoms with Crippen molar-refractivity contribution in [3.05, 3.63) is 0 Å². The van der Waals surface area contributed by atoms with Crippen LogP contribution in [-0.2, 0) is 4.79 Å². The van der Waals surface area contributed by atoms with Crippen LogP contribution >= 0.6 is 12.2 Å². The fraction of sp³-hybridized carbons (Fsp3) is 0.857. The Hall–Kier alpha value is -0.640. The highest BCUT2D eigenvalue weighted by atomic mass is 32.1. The van der Waals surface area contributed by atoms with Gasteiger partial charge in [0.05, 0.1) is 10.4 Å². The lowest BCUT2D eigenvalue weighted by atomic mass is 9.74. The molecule has 0 spiro atoms. The Morgan fingerprint density at radius 3 is 2.61 bits per heavy atom. The molecule has 1 fully saturated rings. The Balaban J connectivity index is 2.67. The SMILES string of the molecule is CCC(C)(C(=O)NC1CCCC(C)(C)C1)C(N)=S. The maximum atomic E-state index is 12.3. The lowest BCUT2D eigenvalue weighted by Crippen LogP contribution is -2.51. The maximum Gasteiger partial charge on any atom is 0.232 e. The monoisotopic (exact) mass is 270 g/mol. The first-order valence-electron chi connectivity index (χ1n) is 6.82. The zero-order valence-corrected chi connectivity index (χ0v) is 12.8. The second kappa shape index (κ2) is 5.55. The zero-order chi connectivity index (χ0) is 14.0. The number of hydrogen-bond acceptors (Lipinski definition) is 2. The molecule has 0 aromatic rings. The molecule has 0 aromatic carbocycles. The molecule has 3 N–H and O–H groups in total. The van der Waals surface area contributed by atoms with Crippen molar-refractivity contribution in [2.24, 2.45) is 16.6 Å². The summed E-state index contributed by atoms with van der Waals surface area (Å²) in [5, 5.41) is 3.14. The highest BCUT2D eigenvalue weighted by Gasteiger charge is 2.37. The van der Waals surface area contributed by atoms with Gasteiger partial charge in [0.1, 0.15) is 0 Å². The van der Waals surface area contributed by atoms with Gasteiger partial charge < -0.3 is 11.1 Å². The number of carbonyl (C=O) groups is 1. The third-order valence-corrected chi connectivity index (χ3v) is 4.74. The van der Waals surface area contributed by atoms with E-state index in [1.807, 2.05) is 13.8 Å². The summed E-state index contributed by atoms with van der Waals surface area (Å²) in [4.78, 5) is 12.6. The van der Waals surface area contributed by atoms with Crippen molar-refractivity contribution >= 4 is 23.1 Å². The van der Waals surface area contributed by atoms with Crippen LogP contribution in [0.4, 0.5) is 0 Å². The van der Waals surface area contributed by atoms with Crippen LogP contribution in [0.15, 0.2) is 0 Å². The molecular formula is C14H26N2OS. The minimum absolute atomic E-state index is 0.0137. The minimum Gasteiger partial charge on any atom is -0.392 e. The molecule has 104 valence electrons. The van der Waals surface area contributed by atoms with E-state index in [-0.39, 0.29) is 16.9 Å². The first-order valence-corrected chi connectivity index (χ1v) is 7.23. The lowest BCUT2D eigenvalue weighted by Gasteiger charge is -2.37. The van der Waals surface area contributed by atoms with Gasteiger partial charge in [-0.05, 0) is 38.0 Å². The van der Waals surface area contributed by atoms with E-state index >= 15 is 0 Å². The molecule has 0 bridgehead atoms. The van der Waals surface area contributed by atoms with Gasteiger partial charge in [-0.15, -0.1) is 0 Å². The molecule has 1 aliphatic carbocycles. The van der Waals surface area contributed by atoms with E-state index in [4.69, 9.17) is 18.0 Å². The Labute approximate surface area is 116 Å². The molecule has 0 aliphatic heterocycles. The summed E-state index contributed by atoms with van der Waals surface area (Å²) in [7, 11) is 0. The molecule has 0 heterocycles. The third kappa shape index (κ3) is 3.44.